The second-order valence-corrected chi connectivity index (χ2v) is 4.73. The van der Waals surface area contributed by atoms with Crippen LogP contribution in [0.15, 0.2) is 21.5 Å². The van der Waals surface area contributed by atoms with E-state index in [1.54, 1.807) is 21.6 Å². The van der Waals surface area contributed by atoms with Gasteiger partial charge < -0.3 is 0 Å². The molecule has 0 aromatic rings. The second-order valence-electron chi connectivity index (χ2n) is 2.65. The average Bonchev–Trinajstić information content (AvgIpc) is 2.50. The van der Waals surface area contributed by atoms with Crippen molar-refractivity contribution in [2.24, 2.45) is 0 Å². The highest BCUT2D eigenvalue weighted by atomic mass is 33.1. The van der Waals surface area contributed by atoms with E-state index in [0.717, 1.165) is 31.1 Å². The van der Waals surface area contributed by atoms with Crippen LogP contribution in [0, 0.1) is 0 Å². The summed E-state index contributed by atoms with van der Waals surface area (Å²) < 4.78 is 0. The number of aldehydes is 1. The molecule has 0 unspecified atom stereocenters. The summed E-state index contributed by atoms with van der Waals surface area (Å²) >= 11 is 0. The highest BCUT2D eigenvalue weighted by Gasteiger charge is 2.21. The SMILES string of the molecule is O=CC1=C2SSC=C2CCC1. The fourth-order valence-electron chi connectivity index (χ4n) is 1.36. The minimum atomic E-state index is 0.976. The zero-order valence-corrected chi connectivity index (χ0v) is 7.63. The Balaban J connectivity index is 2.40. The van der Waals surface area contributed by atoms with E-state index in [1.807, 2.05) is 0 Å². The molecule has 0 atom stereocenters. The average molecular weight is 184 g/mol. The van der Waals surface area contributed by atoms with Crippen LogP contribution in [0.2, 0.25) is 0 Å². The highest BCUT2D eigenvalue weighted by molar-refractivity contribution is 8.79. The number of fused-ring (bicyclic) bond motifs is 1. The number of carbonyl (C=O) groups excluding carboxylic acids is 1. The van der Waals surface area contributed by atoms with Crippen molar-refractivity contribution in [3.8, 4) is 0 Å². The van der Waals surface area contributed by atoms with E-state index < -0.39 is 0 Å². The van der Waals surface area contributed by atoms with Crippen LogP contribution in [0.4, 0.5) is 0 Å². The number of rotatable bonds is 1. The first-order valence-electron chi connectivity index (χ1n) is 3.63. The molecule has 0 radical (unpaired) electrons. The van der Waals surface area contributed by atoms with Crippen molar-refractivity contribution in [1.29, 1.82) is 0 Å². The number of carbonyl (C=O) groups is 1. The minimum absolute atomic E-state index is 0.976. The first kappa shape index (κ1) is 7.50. The summed E-state index contributed by atoms with van der Waals surface area (Å²) in [6.07, 6.45) is 4.29. The smallest absolute Gasteiger partial charge is 0.147 e. The monoisotopic (exact) mass is 184 g/mol. The van der Waals surface area contributed by atoms with Gasteiger partial charge in [0.25, 0.3) is 0 Å². The van der Waals surface area contributed by atoms with E-state index in [1.165, 1.54) is 10.5 Å². The Kier molecular flexibility index (Phi) is 2.09. The molecular formula is C8H8OS2. The summed E-state index contributed by atoms with van der Waals surface area (Å²) in [5.41, 5.74) is 2.39. The summed E-state index contributed by atoms with van der Waals surface area (Å²) in [7, 11) is 3.47. The number of hydrogen-bond acceptors (Lipinski definition) is 3. The third-order valence-electron chi connectivity index (χ3n) is 1.94. The zero-order chi connectivity index (χ0) is 7.68. The van der Waals surface area contributed by atoms with E-state index in [2.05, 4.69) is 5.41 Å². The van der Waals surface area contributed by atoms with Gasteiger partial charge in [-0.25, -0.2) is 0 Å². The second kappa shape index (κ2) is 3.07. The van der Waals surface area contributed by atoms with Gasteiger partial charge in [-0.05, 0) is 30.2 Å². The van der Waals surface area contributed by atoms with Gasteiger partial charge >= 0.3 is 0 Å². The Bertz CT molecular complexity index is 253. The molecule has 1 aliphatic carbocycles. The van der Waals surface area contributed by atoms with Crippen molar-refractivity contribution >= 4 is 27.9 Å². The summed E-state index contributed by atoms with van der Waals surface area (Å²) in [5.74, 6) is 0. The van der Waals surface area contributed by atoms with E-state index >= 15 is 0 Å². The molecule has 58 valence electrons. The number of allylic oxidation sites excluding steroid dienone is 2. The van der Waals surface area contributed by atoms with Crippen LogP contribution < -0.4 is 0 Å². The molecule has 2 rings (SSSR count). The van der Waals surface area contributed by atoms with Gasteiger partial charge in [0, 0.05) is 10.5 Å². The van der Waals surface area contributed by atoms with Crippen molar-refractivity contribution in [3.05, 3.63) is 21.5 Å². The maximum Gasteiger partial charge on any atom is 0.147 e. The molecule has 0 saturated heterocycles. The van der Waals surface area contributed by atoms with Crippen molar-refractivity contribution in [3.63, 3.8) is 0 Å². The molecule has 0 aromatic carbocycles. The van der Waals surface area contributed by atoms with Gasteiger partial charge in [-0.2, -0.15) is 0 Å². The molecule has 0 aromatic heterocycles. The molecule has 11 heavy (non-hydrogen) atoms. The van der Waals surface area contributed by atoms with Crippen LogP contribution >= 0.6 is 21.6 Å². The maximum atomic E-state index is 10.6. The van der Waals surface area contributed by atoms with Crippen LogP contribution in [0.3, 0.4) is 0 Å². The van der Waals surface area contributed by atoms with Gasteiger partial charge in [0.15, 0.2) is 0 Å². The highest BCUT2D eigenvalue weighted by Crippen LogP contribution is 2.49. The molecule has 0 fully saturated rings. The zero-order valence-electron chi connectivity index (χ0n) is 6.00. The van der Waals surface area contributed by atoms with Gasteiger partial charge in [-0.15, -0.1) is 0 Å². The molecule has 1 aliphatic heterocycles. The van der Waals surface area contributed by atoms with Gasteiger partial charge in [0.05, 0.1) is 0 Å². The van der Waals surface area contributed by atoms with E-state index in [9.17, 15) is 4.79 Å². The lowest BCUT2D eigenvalue weighted by Crippen LogP contribution is -1.98. The quantitative estimate of drug-likeness (QED) is 0.461. The Morgan fingerprint density at radius 1 is 1.45 bits per heavy atom. The van der Waals surface area contributed by atoms with E-state index in [-0.39, 0.29) is 0 Å². The van der Waals surface area contributed by atoms with E-state index in [0.29, 0.717) is 0 Å². The molecule has 0 N–H and O–H groups in total. The van der Waals surface area contributed by atoms with Crippen molar-refractivity contribution < 1.29 is 4.79 Å². The minimum Gasteiger partial charge on any atom is -0.298 e. The molecule has 0 amide bonds. The molecule has 1 heterocycles. The Hall–Kier alpha value is -0.150. The van der Waals surface area contributed by atoms with Gasteiger partial charge in [0.2, 0.25) is 0 Å². The predicted octanol–water partition coefficient (Wildman–Crippen LogP) is 2.90. The van der Waals surface area contributed by atoms with E-state index in [4.69, 9.17) is 0 Å². The fraction of sp³-hybridized carbons (Fsp3) is 0.375. The van der Waals surface area contributed by atoms with Crippen molar-refractivity contribution in [2.45, 2.75) is 19.3 Å². The van der Waals surface area contributed by atoms with Gasteiger partial charge in [-0.3, -0.25) is 4.79 Å². The Morgan fingerprint density at radius 2 is 2.36 bits per heavy atom. The van der Waals surface area contributed by atoms with Gasteiger partial charge in [0.1, 0.15) is 6.29 Å². The third kappa shape index (κ3) is 1.27. The predicted molar refractivity (Wildman–Crippen MR) is 50.2 cm³/mol. The Morgan fingerprint density at radius 3 is 3.18 bits per heavy atom. The molecule has 1 nitrogen and oxygen atoms in total. The van der Waals surface area contributed by atoms with Crippen LogP contribution in [0.5, 0.6) is 0 Å². The molecule has 3 heteroatoms. The summed E-state index contributed by atoms with van der Waals surface area (Å²) in [4.78, 5) is 11.8. The topological polar surface area (TPSA) is 17.1 Å². The fourth-order valence-corrected chi connectivity index (χ4v) is 3.88. The third-order valence-corrected chi connectivity index (χ3v) is 4.18. The lowest BCUT2D eigenvalue weighted by molar-refractivity contribution is -0.105. The Labute approximate surface area is 73.7 Å². The largest absolute Gasteiger partial charge is 0.298 e. The van der Waals surface area contributed by atoms with Crippen LogP contribution in [-0.2, 0) is 4.79 Å². The van der Waals surface area contributed by atoms with Crippen LogP contribution in [-0.4, -0.2) is 6.29 Å². The van der Waals surface area contributed by atoms with Crippen molar-refractivity contribution in [1.82, 2.24) is 0 Å². The standard InChI is InChI=1S/C8H8OS2/c9-4-6-2-1-3-7-5-10-11-8(6)7/h4-5H,1-3H2. The molecule has 2 aliphatic rings. The summed E-state index contributed by atoms with van der Waals surface area (Å²) in [5, 5.41) is 2.17. The van der Waals surface area contributed by atoms with Gasteiger partial charge in [-0.1, -0.05) is 21.6 Å². The summed E-state index contributed by atoms with van der Waals surface area (Å²) in [6.45, 7) is 0. The van der Waals surface area contributed by atoms with Crippen molar-refractivity contribution in [2.75, 3.05) is 0 Å². The number of hydrogen-bond donors (Lipinski definition) is 0. The lowest BCUT2D eigenvalue weighted by Gasteiger charge is -2.13. The normalized spacial score (nSPS) is 23.1. The molecule has 0 spiro atoms. The maximum absolute atomic E-state index is 10.6. The van der Waals surface area contributed by atoms with Crippen LogP contribution in [0.25, 0.3) is 0 Å². The molecule has 0 bridgehead atoms. The molecule has 0 saturated carbocycles. The summed E-state index contributed by atoms with van der Waals surface area (Å²) in [6, 6.07) is 0. The molecular weight excluding hydrogens is 176 g/mol. The first-order chi connectivity index (χ1) is 5.42. The van der Waals surface area contributed by atoms with Crippen LogP contribution in [0.1, 0.15) is 19.3 Å². The first-order valence-corrected chi connectivity index (χ1v) is 5.84. The lowest BCUT2D eigenvalue weighted by atomic mass is 9.97.